The molecule has 2 aromatic rings. The molecule has 5 heteroatoms. The number of rotatable bonds is 3. The number of thiocarbonyl (C=S) groups is 1. The number of anilines is 1. The lowest BCUT2D eigenvalue weighted by atomic mass is 10.0. The molecule has 0 radical (unpaired) electrons. The number of hydrogen-bond acceptors (Lipinski definition) is 1. The molecule has 0 heterocycles. The SMILES string of the molecule is Cc1ccc([C@@H](C)NC(=S)Nc2ccc(F)cc2F)c(C)c1. The standard InChI is InChI=1S/C17H18F2N2S/c1-10-4-6-14(11(2)8-10)12(3)20-17(22)21-16-7-5-13(18)9-15(16)19/h4-9,12H,1-3H3,(H2,20,21,22)/t12-/m1/s1. The zero-order valence-corrected chi connectivity index (χ0v) is 13.5. The van der Waals surface area contributed by atoms with Crippen molar-refractivity contribution < 1.29 is 8.78 Å². The minimum absolute atomic E-state index is 0.0240. The molecule has 0 fully saturated rings. The van der Waals surface area contributed by atoms with E-state index in [1.165, 1.54) is 17.7 Å². The Kier molecular flexibility index (Phi) is 5.08. The minimum atomic E-state index is -0.677. The van der Waals surface area contributed by atoms with Crippen molar-refractivity contribution in [2.45, 2.75) is 26.8 Å². The zero-order valence-electron chi connectivity index (χ0n) is 12.7. The number of nitrogens with one attached hydrogen (secondary N) is 2. The second-order valence-electron chi connectivity index (χ2n) is 5.30. The van der Waals surface area contributed by atoms with Gasteiger partial charge in [0.05, 0.1) is 11.7 Å². The lowest BCUT2D eigenvalue weighted by Gasteiger charge is -2.19. The van der Waals surface area contributed by atoms with E-state index >= 15 is 0 Å². The van der Waals surface area contributed by atoms with Gasteiger partial charge in [0.15, 0.2) is 5.11 Å². The Morgan fingerprint density at radius 1 is 1.09 bits per heavy atom. The van der Waals surface area contributed by atoms with Crippen LogP contribution in [0, 0.1) is 25.5 Å². The Morgan fingerprint density at radius 2 is 1.82 bits per heavy atom. The van der Waals surface area contributed by atoms with Crippen LogP contribution in [-0.2, 0) is 0 Å². The molecule has 0 unspecified atom stereocenters. The molecule has 0 aromatic heterocycles. The van der Waals surface area contributed by atoms with Crippen molar-refractivity contribution in [1.82, 2.24) is 5.32 Å². The summed E-state index contributed by atoms with van der Waals surface area (Å²) in [6.45, 7) is 6.06. The lowest BCUT2D eigenvalue weighted by Crippen LogP contribution is -2.31. The van der Waals surface area contributed by atoms with Gasteiger partial charge in [0.1, 0.15) is 11.6 Å². The van der Waals surface area contributed by atoms with E-state index in [-0.39, 0.29) is 16.8 Å². The van der Waals surface area contributed by atoms with Crippen molar-refractivity contribution in [3.8, 4) is 0 Å². The van der Waals surface area contributed by atoms with Crippen LogP contribution in [0.5, 0.6) is 0 Å². The number of aryl methyl sites for hydroxylation is 2. The summed E-state index contributed by atoms with van der Waals surface area (Å²) in [7, 11) is 0. The maximum atomic E-state index is 13.6. The molecular formula is C17H18F2N2S. The van der Waals surface area contributed by atoms with Gasteiger partial charge in [-0.25, -0.2) is 8.78 Å². The summed E-state index contributed by atoms with van der Waals surface area (Å²) in [5.41, 5.74) is 3.62. The van der Waals surface area contributed by atoms with E-state index in [1.54, 1.807) is 0 Å². The number of halogens is 2. The molecule has 22 heavy (non-hydrogen) atoms. The monoisotopic (exact) mass is 320 g/mol. The highest BCUT2D eigenvalue weighted by molar-refractivity contribution is 7.80. The van der Waals surface area contributed by atoms with Gasteiger partial charge in [0, 0.05) is 6.07 Å². The van der Waals surface area contributed by atoms with Crippen molar-refractivity contribution in [3.05, 3.63) is 64.7 Å². The van der Waals surface area contributed by atoms with Gasteiger partial charge in [-0.05, 0) is 56.2 Å². The van der Waals surface area contributed by atoms with Gasteiger partial charge < -0.3 is 10.6 Å². The molecule has 0 amide bonds. The predicted octanol–water partition coefficient (Wildman–Crippen LogP) is 4.63. The van der Waals surface area contributed by atoms with Crippen molar-refractivity contribution in [1.29, 1.82) is 0 Å². The Balaban J connectivity index is 2.05. The van der Waals surface area contributed by atoms with Gasteiger partial charge in [-0.15, -0.1) is 0 Å². The molecule has 2 rings (SSSR count). The predicted molar refractivity (Wildman–Crippen MR) is 90.0 cm³/mol. The molecule has 0 aliphatic rings. The zero-order chi connectivity index (χ0) is 16.3. The molecule has 116 valence electrons. The molecule has 0 saturated heterocycles. The van der Waals surface area contributed by atoms with Crippen LogP contribution in [-0.4, -0.2) is 5.11 Å². The normalized spacial score (nSPS) is 11.9. The van der Waals surface area contributed by atoms with E-state index in [1.807, 2.05) is 32.9 Å². The summed E-state index contributed by atoms with van der Waals surface area (Å²) in [6.07, 6.45) is 0. The average Bonchev–Trinajstić information content (AvgIpc) is 2.41. The second kappa shape index (κ2) is 6.83. The summed E-state index contributed by atoms with van der Waals surface area (Å²) in [5, 5.41) is 6.14. The van der Waals surface area contributed by atoms with Crippen molar-refractivity contribution in [2.24, 2.45) is 0 Å². The van der Waals surface area contributed by atoms with Gasteiger partial charge in [-0.1, -0.05) is 23.8 Å². The van der Waals surface area contributed by atoms with Crippen LogP contribution in [0.3, 0.4) is 0 Å². The molecule has 0 bridgehead atoms. The quantitative estimate of drug-likeness (QED) is 0.806. The van der Waals surface area contributed by atoms with Crippen LogP contribution in [0.25, 0.3) is 0 Å². The maximum Gasteiger partial charge on any atom is 0.171 e. The molecule has 0 spiro atoms. The highest BCUT2D eigenvalue weighted by Crippen LogP contribution is 2.19. The van der Waals surface area contributed by atoms with Gasteiger partial charge in [-0.3, -0.25) is 0 Å². The van der Waals surface area contributed by atoms with E-state index in [4.69, 9.17) is 12.2 Å². The Labute approximate surface area is 134 Å². The molecule has 0 aliphatic heterocycles. The van der Waals surface area contributed by atoms with Crippen LogP contribution >= 0.6 is 12.2 Å². The summed E-state index contributed by atoms with van der Waals surface area (Å²) >= 11 is 5.19. The highest BCUT2D eigenvalue weighted by Gasteiger charge is 2.11. The van der Waals surface area contributed by atoms with Crippen molar-refractivity contribution in [3.63, 3.8) is 0 Å². The van der Waals surface area contributed by atoms with Crippen LogP contribution in [0.2, 0.25) is 0 Å². The summed E-state index contributed by atoms with van der Waals surface area (Å²) < 4.78 is 26.5. The largest absolute Gasteiger partial charge is 0.356 e. The van der Waals surface area contributed by atoms with E-state index in [2.05, 4.69) is 16.7 Å². The first kappa shape index (κ1) is 16.4. The highest BCUT2D eigenvalue weighted by atomic mass is 32.1. The van der Waals surface area contributed by atoms with Gasteiger partial charge in [0.25, 0.3) is 0 Å². The fourth-order valence-corrected chi connectivity index (χ4v) is 2.62. The number of benzene rings is 2. The van der Waals surface area contributed by atoms with Crippen LogP contribution in [0.4, 0.5) is 14.5 Å². The summed E-state index contributed by atoms with van der Waals surface area (Å²) in [4.78, 5) is 0. The topological polar surface area (TPSA) is 24.1 Å². The fraction of sp³-hybridized carbons (Fsp3) is 0.235. The van der Waals surface area contributed by atoms with E-state index in [0.717, 1.165) is 17.2 Å². The van der Waals surface area contributed by atoms with Crippen molar-refractivity contribution in [2.75, 3.05) is 5.32 Å². The Morgan fingerprint density at radius 3 is 2.45 bits per heavy atom. The van der Waals surface area contributed by atoms with E-state index < -0.39 is 11.6 Å². The van der Waals surface area contributed by atoms with Crippen LogP contribution in [0.15, 0.2) is 36.4 Å². The molecule has 1 atom stereocenters. The summed E-state index contributed by atoms with van der Waals surface area (Å²) in [5.74, 6) is -1.30. The first-order valence-corrected chi connectivity index (χ1v) is 7.37. The molecule has 0 aliphatic carbocycles. The third kappa shape index (κ3) is 4.01. The van der Waals surface area contributed by atoms with Crippen LogP contribution in [0.1, 0.15) is 29.7 Å². The molecule has 0 saturated carbocycles. The summed E-state index contributed by atoms with van der Waals surface area (Å²) in [6, 6.07) is 9.48. The van der Waals surface area contributed by atoms with Crippen LogP contribution < -0.4 is 10.6 Å². The van der Waals surface area contributed by atoms with E-state index in [9.17, 15) is 8.78 Å². The van der Waals surface area contributed by atoms with Gasteiger partial charge >= 0.3 is 0 Å². The third-order valence-electron chi connectivity index (χ3n) is 3.42. The Bertz CT molecular complexity index is 701. The first-order valence-electron chi connectivity index (χ1n) is 6.96. The molecule has 2 N–H and O–H groups in total. The maximum absolute atomic E-state index is 13.6. The van der Waals surface area contributed by atoms with Crippen molar-refractivity contribution >= 4 is 23.0 Å². The molecule has 2 aromatic carbocycles. The second-order valence-corrected chi connectivity index (χ2v) is 5.71. The Hall–Kier alpha value is -2.01. The average molecular weight is 320 g/mol. The lowest BCUT2D eigenvalue weighted by molar-refractivity contribution is 0.586. The number of hydrogen-bond donors (Lipinski definition) is 2. The molecular weight excluding hydrogens is 302 g/mol. The first-order chi connectivity index (χ1) is 10.4. The molecule has 2 nitrogen and oxygen atoms in total. The van der Waals surface area contributed by atoms with E-state index in [0.29, 0.717) is 0 Å². The van der Waals surface area contributed by atoms with Gasteiger partial charge in [-0.2, -0.15) is 0 Å². The minimum Gasteiger partial charge on any atom is -0.356 e. The third-order valence-corrected chi connectivity index (χ3v) is 3.64. The smallest absolute Gasteiger partial charge is 0.171 e. The van der Waals surface area contributed by atoms with Gasteiger partial charge in [0.2, 0.25) is 0 Å². The fourth-order valence-electron chi connectivity index (χ4n) is 2.34.